The third-order valence-electron chi connectivity index (χ3n) is 2.51. The molecular formula is C10H12BrN3O2. The van der Waals surface area contributed by atoms with Crippen LogP contribution in [0.1, 0.15) is 6.42 Å². The number of nitrogens with two attached hydrogens (primary N) is 1. The summed E-state index contributed by atoms with van der Waals surface area (Å²) in [4.78, 5) is 15.9. The molecule has 5 nitrogen and oxygen atoms in total. The van der Waals surface area contributed by atoms with E-state index in [2.05, 4.69) is 26.2 Å². The molecule has 86 valence electrons. The lowest BCUT2D eigenvalue weighted by molar-refractivity contribution is -0.121. The number of halogens is 1. The molecule has 1 atom stereocenters. The van der Waals surface area contributed by atoms with Gasteiger partial charge in [0, 0.05) is 12.8 Å². The zero-order valence-corrected chi connectivity index (χ0v) is 10.2. The van der Waals surface area contributed by atoms with Crippen LogP contribution in [0.3, 0.4) is 0 Å². The minimum Gasteiger partial charge on any atom is -0.379 e. The number of aromatic nitrogens is 1. The monoisotopic (exact) mass is 285 g/mol. The van der Waals surface area contributed by atoms with E-state index < -0.39 is 5.54 Å². The lowest BCUT2D eigenvalue weighted by atomic mass is 9.99. The Morgan fingerprint density at radius 3 is 3.12 bits per heavy atom. The quantitative estimate of drug-likeness (QED) is 0.792. The number of anilines is 1. The van der Waals surface area contributed by atoms with Gasteiger partial charge in [0.05, 0.1) is 12.3 Å². The van der Waals surface area contributed by atoms with Crippen LogP contribution in [-0.2, 0) is 9.53 Å². The van der Waals surface area contributed by atoms with Gasteiger partial charge in [-0.2, -0.15) is 0 Å². The van der Waals surface area contributed by atoms with Crippen LogP contribution >= 0.6 is 15.9 Å². The highest BCUT2D eigenvalue weighted by Gasteiger charge is 2.38. The summed E-state index contributed by atoms with van der Waals surface area (Å²) >= 11 is 3.25. The predicted octanol–water partition coefficient (Wildman–Crippen LogP) is 0.900. The number of carbonyl (C=O) groups is 1. The van der Waals surface area contributed by atoms with Crippen molar-refractivity contribution in [2.45, 2.75) is 12.0 Å². The molecule has 1 amide bonds. The van der Waals surface area contributed by atoms with Crippen molar-refractivity contribution in [3.63, 3.8) is 0 Å². The largest absolute Gasteiger partial charge is 0.379 e. The second-order valence-corrected chi connectivity index (χ2v) is 4.51. The van der Waals surface area contributed by atoms with Gasteiger partial charge in [0.1, 0.15) is 10.1 Å². The fourth-order valence-electron chi connectivity index (χ4n) is 1.49. The van der Waals surface area contributed by atoms with Crippen LogP contribution in [0.2, 0.25) is 0 Å². The maximum absolute atomic E-state index is 11.9. The van der Waals surface area contributed by atoms with E-state index in [1.807, 2.05) is 0 Å². The zero-order valence-electron chi connectivity index (χ0n) is 8.57. The molecule has 0 radical (unpaired) electrons. The van der Waals surface area contributed by atoms with Crippen LogP contribution < -0.4 is 11.1 Å². The second kappa shape index (κ2) is 4.48. The fourth-order valence-corrected chi connectivity index (χ4v) is 1.84. The summed E-state index contributed by atoms with van der Waals surface area (Å²) in [5.74, 6) is -0.237. The Kier molecular flexibility index (Phi) is 3.22. The van der Waals surface area contributed by atoms with E-state index in [-0.39, 0.29) is 12.5 Å². The first-order valence-corrected chi connectivity index (χ1v) is 5.70. The molecular weight excluding hydrogens is 274 g/mol. The number of pyridine rings is 1. The summed E-state index contributed by atoms with van der Waals surface area (Å²) in [5.41, 5.74) is 5.62. The Balaban J connectivity index is 2.10. The Hall–Kier alpha value is -0.980. The van der Waals surface area contributed by atoms with Crippen molar-refractivity contribution in [2.75, 3.05) is 18.5 Å². The molecule has 2 rings (SSSR count). The number of hydrogen-bond donors (Lipinski definition) is 2. The number of carbonyl (C=O) groups excluding carboxylic acids is 1. The van der Waals surface area contributed by atoms with Gasteiger partial charge >= 0.3 is 0 Å². The van der Waals surface area contributed by atoms with Gasteiger partial charge in [-0.1, -0.05) is 0 Å². The van der Waals surface area contributed by atoms with Crippen LogP contribution in [0.25, 0.3) is 0 Å². The van der Waals surface area contributed by atoms with E-state index in [0.717, 1.165) is 0 Å². The Labute approximate surface area is 102 Å². The topological polar surface area (TPSA) is 77.2 Å². The summed E-state index contributed by atoms with van der Waals surface area (Å²) in [7, 11) is 0. The van der Waals surface area contributed by atoms with Gasteiger partial charge in [-0.15, -0.1) is 0 Å². The molecule has 2 heterocycles. The molecule has 16 heavy (non-hydrogen) atoms. The fraction of sp³-hybridized carbons (Fsp3) is 0.400. The lowest BCUT2D eigenvalue weighted by Gasteiger charge is -2.20. The van der Waals surface area contributed by atoms with Crippen molar-refractivity contribution in [1.82, 2.24) is 4.98 Å². The van der Waals surface area contributed by atoms with Crippen LogP contribution in [0.5, 0.6) is 0 Å². The van der Waals surface area contributed by atoms with Crippen molar-refractivity contribution in [3.8, 4) is 0 Å². The third kappa shape index (κ3) is 2.23. The smallest absolute Gasteiger partial charge is 0.247 e. The van der Waals surface area contributed by atoms with Gasteiger partial charge in [-0.05, 0) is 34.5 Å². The predicted molar refractivity (Wildman–Crippen MR) is 62.9 cm³/mol. The zero-order chi connectivity index (χ0) is 11.6. The van der Waals surface area contributed by atoms with E-state index >= 15 is 0 Å². The summed E-state index contributed by atoms with van der Waals surface area (Å²) in [5, 5.41) is 2.74. The number of hydrogen-bond acceptors (Lipinski definition) is 4. The van der Waals surface area contributed by atoms with Crippen molar-refractivity contribution in [1.29, 1.82) is 0 Å². The first-order chi connectivity index (χ1) is 7.62. The van der Waals surface area contributed by atoms with Crippen LogP contribution in [0.4, 0.5) is 5.69 Å². The van der Waals surface area contributed by atoms with Gasteiger partial charge in [0.15, 0.2) is 0 Å². The van der Waals surface area contributed by atoms with E-state index in [1.54, 1.807) is 18.3 Å². The van der Waals surface area contributed by atoms with Gasteiger partial charge in [0.25, 0.3) is 0 Å². The van der Waals surface area contributed by atoms with Crippen molar-refractivity contribution >= 4 is 27.5 Å². The highest BCUT2D eigenvalue weighted by molar-refractivity contribution is 9.10. The highest BCUT2D eigenvalue weighted by Crippen LogP contribution is 2.22. The van der Waals surface area contributed by atoms with Crippen LogP contribution in [0, 0.1) is 0 Å². The summed E-state index contributed by atoms with van der Waals surface area (Å²) in [6.45, 7) is 0.787. The van der Waals surface area contributed by atoms with Gasteiger partial charge < -0.3 is 15.8 Å². The van der Waals surface area contributed by atoms with Crippen LogP contribution in [0.15, 0.2) is 22.9 Å². The molecule has 1 aliphatic heterocycles. The molecule has 1 unspecified atom stereocenters. The third-order valence-corrected chi connectivity index (χ3v) is 3.14. The molecule has 0 bridgehead atoms. The minimum atomic E-state index is -0.921. The van der Waals surface area contributed by atoms with Crippen molar-refractivity contribution in [3.05, 3.63) is 22.9 Å². The first kappa shape index (κ1) is 11.5. The van der Waals surface area contributed by atoms with Crippen molar-refractivity contribution in [2.24, 2.45) is 5.73 Å². The van der Waals surface area contributed by atoms with E-state index in [1.165, 1.54) is 0 Å². The number of rotatable bonds is 2. The molecule has 0 spiro atoms. The standard InChI is InChI=1S/C10H12BrN3O2/c11-8-7(2-1-4-13-8)14-9(15)10(12)3-5-16-6-10/h1-2,4H,3,5-6,12H2,(H,14,15). The maximum atomic E-state index is 11.9. The Bertz CT molecular complexity index is 405. The Morgan fingerprint density at radius 1 is 1.69 bits per heavy atom. The van der Waals surface area contributed by atoms with E-state index in [0.29, 0.717) is 23.3 Å². The molecule has 1 fully saturated rings. The average Bonchev–Trinajstić information content (AvgIpc) is 2.70. The van der Waals surface area contributed by atoms with E-state index in [4.69, 9.17) is 10.5 Å². The molecule has 1 aliphatic rings. The molecule has 0 saturated carbocycles. The SMILES string of the molecule is NC1(C(=O)Nc2cccnc2Br)CCOC1. The van der Waals surface area contributed by atoms with Gasteiger partial charge in [-0.3, -0.25) is 4.79 Å². The lowest BCUT2D eigenvalue weighted by Crippen LogP contribution is -2.51. The van der Waals surface area contributed by atoms with Crippen LogP contribution in [-0.4, -0.2) is 29.6 Å². The van der Waals surface area contributed by atoms with Gasteiger partial charge in [0.2, 0.25) is 5.91 Å². The molecule has 3 N–H and O–H groups in total. The molecule has 1 saturated heterocycles. The molecule has 1 aromatic heterocycles. The second-order valence-electron chi connectivity index (χ2n) is 3.75. The van der Waals surface area contributed by atoms with Crippen molar-refractivity contribution < 1.29 is 9.53 Å². The average molecular weight is 286 g/mol. The molecule has 0 aliphatic carbocycles. The molecule has 1 aromatic rings. The normalized spacial score (nSPS) is 24.4. The number of nitrogens with zero attached hydrogens (tertiary/aromatic N) is 1. The summed E-state index contributed by atoms with van der Waals surface area (Å²) in [6, 6.07) is 3.50. The van der Waals surface area contributed by atoms with Gasteiger partial charge in [-0.25, -0.2) is 4.98 Å². The minimum absolute atomic E-state index is 0.237. The first-order valence-electron chi connectivity index (χ1n) is 4.90. The summed E-state index contributed by atoms with van der Waals surface area (Å²) in [6.07, 6.45) is 2.17. The van der Waals surface area contributed by atoms with E-state index in [9.17, 15) is 4.79 Å². The number of nitrogens with one attached hydrogen (secondary N) is 1. The Morgan fingerprint density at radius 2 is 2.50 bits per heavy atom. The number of ether oxygens (including phenoxy) is 1. The highest BCUT2D eigenvalue weighted by atomic mass is 79.9. The molecule has 6 heteroatoms. The molecule has 0 aromatic carbocycles. The summed E-state index contributed by atoms with van der Waals surface area (Å²) < 4.78 is 5.72. The number of amides is 1. The maximum Gasteiger partial charge on any atom is 0.247 e.